The number of benzene rings is 1. The van der Waals surface area contributed by atoms with Crippen molar-refractivity contribution in [2.45, 2.75) is 12.8 Å². The number of methoxy groups -OCH3 is 1. The quantitative estimate of drug-likeness (QED) is 0.793. The number of carbonyl (C=O) groups excluding carboxylic acids is 2. The van der Waals surface area contributed by atoms with Crippen LogP contribution in [0.2, 0.25) is 0 Å². The lowest BCUT2D eigenvalue weighted by atomic mass is 10.0. The number of Topliss-reactive ketones (excluding diaryl/α,β-unsaturated/α-hetero) is 2. The number of aromatic hydroxyl groups is 1. The minimum Gasteiger partial charge on any atom is -0.507 e. The summed E-state index contributed by atoms with van der Waals surface area (Å²) in [6.07, 6.45) is 5.51. The van der Waals surface area contributed by atoms with E-state index in [9.17, 15) is 14.7 Å². The standard InChI is InChI=1S/C19H17ClN2O4/c1-26-17-4-2-3-14(23)19(17)15(24)9-18-21-10-16(25)12-7-5-11(20)6-8-13(12)22-18/h2-5,7-8,23H,6,9-10H2,1H3,(H,21,22). The van der Waals surface area contributed by atoms with Crippen LogP contribution in [0.3, 0.4) is 0 Å². The third kappa shape index (κ3) is 3.70. The number of nitrogens with one attached hydrogen (secondary N) is 1. The molecule has 0 unspecified atom stereocenters. The van der Waals surface area contributed by atoms with Gasteiger partial charge in [0.2, 0.25) is 0 Å². The summed E-state index contributed by atoms with van der Waals surface area (Å²) in [7, 11) is 1.43. The predicted molar refractivity (Wildman–Crippen MR) is 98.8 cm³/mol. The van der Waals surface area contributed by atoms with Crippen LogP contribution in [0.1, 0.15) is 23.2 Å². The van der Waals surface area contributed by atoms with Gasteiger partial charge in [0.25, 0.3) is 0 Å². The van der Waals surface area contributed by atoms with Crippen LogP contribution in [0.5, 0.6) is 11.5 Å². The highest BCUT2D eigenvalue weighted by Gasteiger charge is 2.24. The number of carbonyl (C=O) groups is 2. The van der Waals surface area contributed by atoms with Gasteiger partial charge in [-0.25, -0.2) is 0 Å². The van der Waals surface area contributed by atoms with Gasteiger partial charge in [-0.2, -0.15) is 0 Å². The lowest BCUT2D eigenvalue weighted by Gasteiger charge is -2.12. The van der Waals surface area contributed by atoms with Crippen LogP contribution in [0.4, 0.5) is 0 Å². The molecule has 0 amide bonds. The Morgan fingerprint density at radius 2 is 2.19 bits per heavy atom. The first-order valence-electron chi connectivity index (χ1n) is 7.99. The van der Waals surface area contributed by atoms with Crippen LogP contribution < -0.4 is 10.1 Å². The molecule has 1 aromatic rings. The largest absolute Gasteiger partial charge is 0.507 e. The molecule has 0 bridgehead atoms. The van der Waals surface area contributed by atoms with Gasteiger partial charge in [0, 0.05) is 22.7 Å². The molecule has 134 valence electrons. The molecule has 0 fully saturated rings. The summed E-state index contributed by atoms with van der Waals surface area (Å²) in [6.45, 7) is -0.0673. The van der Waals surface area contributed by atoms with E-state index in [-0.39, 0.29) is 41.6 Å². The van der Waals surface area contributed by atoms with E-state index < -0.39 is 0 Å². The number of phenolic OH excluding ortho intramolecular Hbond substituents is 1. The number of aliphatic imine (C=N–C) groups is 1. The molecule has 26 heavy (non-hydrogen) atoms. The minimum absolute atomic E-state index is 0.0673. The molecule has 3 rings (SSSR count). The lowest BCUT2D eigenvalue weighted by molar-refractivity contribution is -0.114. The zero-order valence-electron chi connectivity index (χ0n) is 14.1. The molecular formula is C19H17ClN2O4. The molecule has 0 aromatic heterocycles. The van der Waals surface area contributed by atoms with E-state index in [2.05, 4.69) is 10.3 Å². The van der Waals surface area contributed by atoms with Crippen molar-refractivity contribution in [3.05, 3.63) is 58.3 Å². The van der Waals surface area contributed by atoms with Crippen LogP contribution in [-0.4, -0.2) is 36.2 Å². The van der Waals surface area contributed by atoms with Crippen LogP contribution in [0.25, 0.3) is 0 Å². The molecule has 7 heteroatoms. The second-order valence-electron chi connectivity index (χ2n) is 5.78. The second-order valence-corrected chi connectivity index (χ2v) is 6.27. The van der Waals surface area contributed by atoms with Crippen LogP contribution in [0.15, 0.2) is 57.7 Å². The minimum atomic E-state index is -0.364. The van der Waals surface area contributed by atoms with Gasteiger partial charge in [0.1, 0.15) is 29.4 Å². The average molecular weight is 373 g/mol. The molecule has 0 atom stereocenters. The van der Waals surface area contributed by atoms with Crippen molar-refractivity contribution in [2.75, 3.05) is 13.7 Å². The maximum atomic E-state index is 12.7. The Morgan fingerprint density at radius 1 is 1.38 bits per heavy atom. The van der Waals surface area contributed by atoms with Crippen molar-refractivity contribution < 1.29 is 19.4 Å². The van der Waals surface area contributed by atoms with E-state index >= 15 is 0 Å². The maximum Gasteiger partial charge on any atom is 0.186 e. The highest BCUT2D eigenvalue weighted by molar-refractivity contribution is 6.30. The number of ether oxygens (including phenoxy) is 1. The number of hydrogen-bond acceptors (Lipinski definition) is 6. The van der Waals surface area contributed by atoms with Crippen LogP contribution in [-0.2, 0) is 4.79 Å². The Labute approximate surface area is 155 Å². The molecule has 2 aliphatic rings. The fourth-order valence-electron chi connectivity index (χ4n) is 2.76. The smallest absolute Gasteiger partial charge is 0.186 e. The van der Waals surface area contributed by atoms with Crippen molar-refractivity contribution in [1.82, 2.24) is 5.32 Å². The van der Waals surface area contributed by atoms with Gasteiger partial charge in [-0.3, -0.25) is 14.6 Å². The van der Waals surface area contributed by atoms with Gasteiger partial charge in [-0.15, -0.1) is 0 Å². The third-order valence-electron chi connectivity index (χ3n) is 4.05. The summed E-state index contributed by atoms with van der Waals surface area (Å²) in [6, 6.07) is 4.61. The normalized spacial score (nSPS) is 16.8. The van der Waals surface area contributed by atoms with Gasteiger partial charge in [0.05, 0.1) is 13.5 Å². The number of allylic oxidation sites excluding steroid dienone is 5. The fraction of sp³-hybridized carbons (Fsp3) is 0.211. The summed E-state index contributed by atoms with van der Waals surface area (Å²) in [4.78, 5) is 29.2. The molecule has 0 radical (unpaired) electrons. The fourth-order valence-corrected chi connectivity index (χ4v) is 2.90. The van der Waals surface area contributed by atoms with Crippen molar-refractivity contribution in [3.8, 4) is 11.5 Å². The molecule has 6 nitrogen and oxygen atoms in total. The number of rotatable bonds is 4. The number of amidine groups is 1. The van der Waals surface area contributed by atoms with Crippen molar-refractivity contribution >= 4 is 29.0 Å². The van der Waals surface area contributed by atoms with Gasteiger partial charge < -0.3 is 15.2 Å². The first kappa shape index (κ1) is 17.9. The maximum absolute atomic E-state index is 12.7. The number of ketones is 2. The topological polar surface area (TPSA) is 88.0 Å². The van der Waals surface area contributed by atoms with E-state index in [1.54, 1.807) is 30.4 Å². The highest BCUT2D eigenvalue weighted by atomic mass is 35.5. The Balaban J connectivity index is 1.85. The second kappa shape index (κ2) is 7.58. The Kier molecular flexibility index (Phi) is 5.23. The van der Waals surface area contributed by atoms with Gasteiger partial charge in [-0.05, 0) is 24.3 Å². The van der Waals surface area contributed by atoms with Crippen LogP contribution in [0, 0.1) is 0 Å². The average Bonchev–Trinajstić information content (AvgIpc) is 2.88. The van der Waals surface area contributed by atoms with Crippen molar-refractivity contribution in [2.24, 2.45) is 4.99 Å². The molecule has 0 saturated heterocycles. The summed E-state index contributed by atoms with van der Waals surface area (Å²) in [5.74, 6) is -0.0535. The van der Waals surface area contributed by atoms with Gasteiger partial charge >= 0.3 is 0 Å². The highest BCUT2D eigenvalue weighted by Crippen LogP contribution is 2.29. The molecule has 0 saturated carbocycles. The number of nitrogens with zero attached hydrogens (tertiary/aromatic N) is 1. The first-order valence-corrected chi connectivity index (χ1v) is 8.37. The number of phenols is 1. The lowest BCUT2D eigenvalue weighted by Crippen LogP contribution is -2.25. The van der Waals surface area contributed by atoms with Gasteiger partial charge in [0.15, 0.2) is 11.6 Å². The zero-order valence-corrected chi connectivity index (χ0v) is 14.8. The molecule has 1 aliphatic carbocycles. The predicted octanol–water partition coefficient (Wildman–Crippen LogP) is 2.88. The molecule has 1 aromatic carbocycles. The Bertz CT molecular complexity index is 897. The Hall–Kier alpha value is -2.86. The third-order valence-corrected chi connectivity index (χ3v) is 4.33. The number of halogens is 1. The molecule has 1 heterocycles. The van der Waals surface area contributed by atoms with E-state index in [4.69, 9.17) is 16.3 Å². The van der Waals surface area contributed by atoms with Gasteiger partial charge in [-0.1, -0.05) is 23.7 Å². The SMILES string of the molecule is COc1cccc(O)c1C(=O)CC1=NCC(=O)C2=CC=C(Cl)CC=C2N1. The Morgan fingerprint density at radius 3 is 2.96 bits per heavy atom. The first-order chi connectivity index (χ1) is 12.5. The monoisotopic (exact) mass is 372 g/mol. The zero-order chi connectivity index (χ0) is 18.7. The van der Waals surface area contributed by atoms with E-state index in [1.165, 1.54) is 13.2 Å². The van der Waals surface area contributed by atoms with E-state index in [0.29, 0.717) is 28.6 Å². The summed E-state index contributed by atoms with van der Waals surface area (Å²) in [5.41, 5.74) is 1.15. The summed E-state index contributed by atoms with van der Waals surface area (Å²) in [5, 5.41) is 13.7. The van der Waals surface area contributed by atoms with Crippen molar-refractivity contribution in [3.63, 3.8) is 0 Å². The molecule has 1 aliphatic heterocycles. The van der Waals surface area contributed by atoms with E-state index in [1.807, 2.05) is 0 Å². The molecule has 2 N–H and O–H groups in total. The van der Waals surface area contributed by atoms with E-state index in [0.717, 1.165) is 0 Å². The number of fused-ring (bicyclic) bond motifs is 1. The number of hydrogen-bond donors (Lipinski definition) is 2. The summed E-state index contributed by atoms with van der Waals surface area (Å²) >= 11 is 6.03. The summed E-state index contributed by atoms with van der Waals surface area (Å²) < 4.78 is 5.16. The van der Waals surface area contributed by atoms with Crippen molar-refractivity contribution in [1.29, 1.82) is 0 Å². The molecular weight excluding hydrogens is 356 g/mol. The molecule has 0 spiro atoms. The van der Waals surface area contributed by atoms with Crippen LogP contribution >= 0.6 is 11.6 Å².